The number of hydroxylamine groups is 2. The lowest BCUT2D eigenvalue weighted by molar-refractivity contribution is -0.288. The average molecular weight is 347 g/mol. The van der Waals surface area contributed by atoms with Crippen LogP contribution in [0.4, 0.5) is 0 Å². The Labute approximate surface area is 152 Å². The normalized spacial score (nSPS) is 20.8. The van der Waals surface area contributed by atoms with Crippen molar-refractivity contribution in [2.45, 2.75) is 78.0 Å². The van der Waals surface area contributed by atoms with Crippen LogP contribution in [0.25, 0.3) is 0 Å². The third-order valence-electron chi connectivity index (χ3n) is 5.36. The van der Waals surface area contributed by atoms with E-state index in [1.54, 1.807) is 0 Å². The molecule has 0 radical (unpaired) electrons. The molecule has 1 aromatic rings. The van der Waals surface area contributed by atoms with Gasteiger partial charge in [0.25, 0.3) is 0 Å². The van der Waals surface area contributed by atoms with Gasteiger partial charge in [-0.25, -0.2) is 4.79 Å². The van der Waals surface area contributed by atoms with Crippen LogP contribution in [-0.4, -0.2) is 24.2 Å². The average Bonchev–Trinajstić information content (AvgIpc) is 2.71. The number of carbonyl (C=O) groups is 1. The molecule has 0 saturated heterocycles. The molecule has 0 aliphatic carbocycles. The van der Waals surface area contributed by atoms with Gasteiger partial charge in [0, 0.05) is 0 Å². The van der Waals surface area contributed by atoms with Crippen molar-refractivity contribution in [1.29, 1.82) is 0 Å². The second kappa shape index (κ2) is 7.46. The first-order valence-electron chi connectivity index (χ1n) is 9.31. The number of esters is 1. The fourth-order valence-electron chi connectivity index (χ4n) is 4.15. The highest BCUT2D eigenvalue weighted by molar-refractivity contribution is 5.74. The maximum Gasteiger partial charge on any atom is 0.337 e. The Bertz CT molecular complexity index is 574. The quantitative estimate of drug-likeness (QED) is 0.666. The lowest BCUT2D eigenvalue weighted by atomic mass is 9.91. The summed E-state index contributed by atoms with van der Waals surface area (Å²) in [6.07, 6.45) is 2.25. The minimum absolute atomic E-state index is 0.300. The van der Waals surface area contributed by atoms with E-state index in [9.17, 15) is 4.79 Å². The molecule has 0 N–H and O–H groups in total. The number of nitrogens with zero attached hydrogens (tertiary/aromatic N) is 1. The number of methoxy groups -OCH3 is 1. The van der Waals surface area contributed by atoms with Crippen LogP contribution in [0.3, 0.4) is 0 Å². The molecule has 0 fully saturated rings. The standard InChI is InChI=1S/C21H33NO3/c1-8-11-15(2)14-18(19(23)24-7)25-22-20(3,4)16-12-9-10-13-17(16)21(22,5)6/h9-10,12-13,15,18H,8,11,14H2,1-7H3. The summed E-state index contributed by atoms with van der Waals surface area (Å²) in [6.45, 7) is 12.9. The molecule has 4 nitrogen and oxygen atoms in total. The first kappa shape index (κ1) is 19.9. The molecule has 140 valence electrons. The first-order valence-corrected chi connectivity index (χ1v) is 9.31. The summed E-state index contributed by atoms with van der Waals surface area (Å²) < 4.78 is 5.02. The van der Waals surface area contributed by atoms with Gasteiger partial charge in [-0.05, 0) is 51.2 Å². The predicted octanol–water partition coefficient (Wildman–Crippen LogP) is 4.77. The van der Waals surface area contributed by atoms with Crippen LogP contribution in [0.5, 0.6) is 0 Å². The van der Waals surface area contributed by atoms with Crippen LogP contribution >= 0.6 is 0 Å². The third-order valence-corrected chi connectivity index (χ3v) is 5.36. The molecule has 2 atom stereocenters. The summed E-state index contributed by atoms with van der Waals surface area (Å²) in [4.78, 5) is 18.7. The van der Waals surface area contributed by atoms with Crippen molar-refractivity contribution in [2.24, 2.45) is 5.92 Å². The molecule has 1 heterocycles. The van der Waals surface area contributed by atoms with E-state index in [1.165, 1.54) is 18.2 Å². The van der Waals surface area contributed by atoms with Crippen LogP contribution in [0.1, 0.15) is 71.9 Å². The van der Waals surface area contributed by atoms with Gasteiger partial charge < -0.3 is 4.74 Å². The van der Waals surface area contributed by atoms with Crippen molar-refractivity contribution >= 4 is 5.97 Å². The Morgan fingerprint density at radius 1 is 1.12 bits per heavy atom. The van der Waals surface area contributed by atoms with Gasteiger partial charge >= 0.3 is 5.97 Å². The van der Waals surface area contributed by atoms with E-state index in [0.29, 0.717) is 12.3 Å². The van der Waals surface area contributed by atoms with Crippen molar-refractivity contribution in [2.75, 3.05) is 7.11 Å². The number of hydrogen-bond donors (Lipinski definition) is 0. The summed E-state index contributed by atoms with van der Waals surface area (Å²) in [5.41, 5.74) is 1.84. The van der Waals surface area contributed by atoms with Crippen molar-refractivity contribution in [3.8, 4) is 0 Å². The Balaban J connectivity index is 2.31. The maximum absolute atomic E-state index is 12.4. The van der Waals surface area contributed by atoms with E-state index in [-0.39, 0.29) is 17.0 Å². The zero-order valence-corrected chi connectivity index (χ0v) is 16.8. The summed E-state index contributed by atoms with van der Waals surface area (Å²) in [5.74, 6) is 0.107. The number of hydrogen-bond acceptors (Lipinski definition) is 4. The fraction of sp³-hybridized carbons (Fsp3) is 0.667. The molecule has 0 saturated carbocycles. The number of fused-ring (bicyclic) bond motifs is 1. The minimum atomic E-state index is -0.584. The lowest BCUT2D eigenvalue weighted by Gasteiger charge is -2.41. The molecule has 25 heavy (non-hydrogen) atoms. The molecule has 0 spiro atoms. The molecule has 1 aromatic carbocycles. The molecule has 1 aliphatic heterocycles. The zero-order chi connectivity index (χ0) is 18.8. The second-order valence-electron chi connectivity index (χ2n) is 8.20. The van der Waals surface area contributed by atoms with E-state index in [4.69, 9.17) is 9.57 Å². The summed E-state index contributed by atoms with van der Waals surface area (Å²) in [5, 5.41) is 1.99. The molecular weight excluding hydrogens is 314 g/mol. The number of rotatable bonds is 7. The fourth-order valence-corrected chi connectivity index (χ4v) is 4.15. The smallest absolute Gasteiger partial charge is 0.337 e. The Morgan fingerprint density at radius 3 is 2.08 bits per heavy atom. The van der Waals surface area contributed by atoms with E-state index in [1.807, 2.05) is 5.06 Å². The monoisotopic (exact) mass is 347 g/mol. The topological polar surface area (TPSA) is 38.8 Å². The van der Waals surface area contributed by atoms with Crippen LogP contribution in [0.15, 0.2) is 24.3 Å². The lowest BCUT2D eigenvalue weighted by Crippen LogP contribution is -2.49. The largest absolute Gasteiger partial charge is 0.467 e. The van der Waals surface area contributed by atoms with Gasteiger partial charge in [0.05, 0.1) is 18.2 Å². The van der Waals surface area contributed by atoms with E-state index in [2.05, 4.69) is 65.8 Å². The second-order valence-corrected chi connectivity index (χ2v) is 8.20. The van der Waals surface area contributed by atoms with Crippen LogP contribution in [0.2, 0.25) is 0 Å². The molecule has 1 aliphatic rings. The predicted molar refractivity (Wildman–Crippen MR) is 99.9 cm³/mol. The highest BCUT2D eigenvalue weighted by atomic mass is 16.7. The van der Waals surface area contributed by atoms with Gasteiger partial charge in [-0.2, -0.15) is 5.06 Å². The number of carbonyl (C=O) groups excluding carboxylic acids is 1. The van der Waals surface area contributed by atoms with Crippen LogP contribution in [0, 0.1) is 5.92 Å². The van der Waals surface area contributed by atoms with Gasteiger partial charge in [-0.15, -0.1) is 0 Å². The molecule has 0 aromatic heterocycles. The minimum Gasteiger partial charge on any atom is -0.467 e. The van der Waals surface area contributed by atoms with Crippen LogP contribution < -0.4 is 0 Å². The number of benzene rings is 1. The van der Waals surface area contributed by atoms with Gasteiger partial charge in [0.2, 0.25) is 0 Å². The molecule has 0 amide bonds. The molecule has 4 heteroatoms. The third kappa shape index (κ3) is 3.75. The van der Waals surface area contributed by atoms with Gasteiger partial charge in [-0.3, -0.25) is 4.84 Å². The van der Waals surface area contributed by atoms with Crippen molar-refractivity contribution in [3.05, 3.63) is 35.4 Å². The van der Waals surface area contributed by atoms with Crippen LogP contribution in [-0.2, 0) is 25.4 Å². The molecule has 2 unspecified atom stereocenters. The first-order chi connectivity index (χ1) is 11.7. The van der Waals surface area contributed by atoms with Gasteiger partial charge in [0.1, 0.15) is 0 Å². The number of ether oxygens (including phenoxy) is 1. The van der Waals surface area contributed by atoms with Crippen molar-refractivity contribution < 1.29 is 14.4 Å². The van der Waals surface area contributed by atoms with E-state index in [0.717, 1.165) is 12.8 Å². The van der Waals surface area contributed by atoms with Gasteiger partial charge in [0.15, 0.2) is 6.10 Å². The summed E-state index contributed by atoms with van der Waals surface area (Å²) in [7, 11) is 1.43. The zero-order valence-electron chi connectivity index (χ0n) is 16.8. The Morgan fingerprint density at radius 2 is 1.64 bits per heavy atom. The molecular formula is C21H33NO3. The van der Waals surface area contributed by atoms with Crippen molar-refractivity contribution in [3.63, 3.8) is 0 Å². The van der Waals surface area contributed by atoms with E-state index < -0.39 is 6.10 Å². The summed E-state index contributed by atoms with van der Waals surface area (Å²) >= 11 is 0. The van der Waals surface area contributed by atoms with E-state index >= 15 is 0 Å². The van der Waals surface area contributed by atoms with Gasteiger partial charge in [-0.1, -0.05) is 51.0 Å². The highest BCUT2D eigenvalue weighted by Gasteiger charge is 2.51. The molecule has 0 bridgehead atoms. The Hall–Kier alpha value is -1.39. The summed E-state index contributed by atoms with van der Waals surface area (Å²) in [6, 6.07) is 8.41. The molecule has 2 rings (SSSR count). The highest BCUT2D eigenvalue weighted by Crippen LogP contribution is 2.49. The SMILES string of the molecule is CCCC(C)CC(ON1C(C)(C)c2ccccc2C1(C)C)C(=O)OC. The van der Waals surface area contributed by atoms with Crippen molar-refractivity contribution in [1.82, 2.24) is 5.06 Å². The maximum atomic E-state index is 12.4. The Kier molecular flexibility index (Phi) is 5.95.